The van der Waals surface area contributed by atoms with Crippen molar-refractivity contribution in [2.24, 2.45) is 23.2 Å². The van der Waals surface area contributed by atoms with Crippen LogP contribution >= 0.6 is 0 Å². The number of nitrogens with one attached hydrogen (secondary N) is 1. The summed E-state index contributed by atoms with van der Waals surface area (Å²) in [5.41, 5.74) is 0.759. The maximum absolute atomic E-state index is 13.7. The molecule has 4 aliphatic rings. The summed E-state index contributed by atoms with van der Waals surface area (Å²) in [6.07, 6.45) is 10.9. The normalized spacial score (nSPS) is 27.1. The summed E-state index contributed by atoms with van der Waals surface area (Å²) in [5, 5.41) is 3.39. The zero-order chi connectivity index (χ0) is 24.3. The van der Waals surface area contributed by atoms with Crippen LogP contribution in [0.15, 0.2) is 0 Å². The molecule has 3 heterocycles. The van der Waals surface area contributed by atoms with Gasteiger partial charge in [-0.2, -0.15) is 0 Å². The molecule has 2 atom stereocenters. The molecule has 6 nitrogen and oxygen atoms in total. The van der Waals surface area contributed by atoms with Gasteiger partial charge in [0, 0.05) is 26.2 Å². The van der Waals surface area contributed by atoms with E-state index in [0.717, 1.165) is 56.7 Å². The highest BCUT2D eigenvalue weighted by atomic mass is 16.2. The lowest BCUT2D eigenvalue weighted by Crippen LogP contribution is -2.62. The van der Waals surface area contributed by atoms with Crippen molar-refractivity contribution in [3.63, 3.8) is 0 Å². The van der Waals surface area contributed by atoms with Crippen molar-refractivity contribution in [1.29, 1.82) is 0 Å². The molecule has 4 rings (SSSR count). The number of piperidine rings is 2. The summed E-state index contributed by atoms with van der Waals surface area (Å²) < 4.78 is 0. The average molecular weight is 475 g/mol. The van der Waals surface area contributed by atoms with Crippen molar-refractivity contribution in [3.8, 4) is 0 Å². The molecule has 1 aliphatic carbocycles. The monoisotopic (exact) mass is 474 g/mol. The molecule has 0 unspecified atom stereocenters. The zero-order valence-electron chi connectivity index (χ0n) is 22.4. The molecule has 4 fully saturated rings. The van der Waals surface area contributed by atoms with Gasteiger partial charge in [0.05, 0.1) is 6.04 Å². The van der Waals surface area contributed by atoms with E-state index in [1.807, 2.05) is 4.90 Å². The molecule has 3 saturated heterocycles. The Bertz CT molecular complexity index is 687. The van der Waals surface area contributed by atoms with Crippen LogP contribution in [0.25, 0.3) is 0 Å². The summed E-state index contributed by atoms with van der Waals surface area (Å²) >= 11 is 0. The second-order valence-electron chi connectivity index (χ2n) is 12.7. The zero-order valence-corrected chi connectivity index (χ0v) is 22.4. The van der Waals surface area contributed by atoms with Gasteiger partial charge < -0.3 is 20.0 Å². The Morgan fingerprint density at radius 3 is 2.24 bits per heavy atom. The van der Waals surface area contributed by atoms with Gasteiger partial charge in [0.25, 0.3) is 0 Å². The highest BCUT2D eigenvalue weighted by Gasteiger charge is 2.44. The number of carbonyl (C=O) groups excluding carboxylic acids is 2. The molecule has 1 saturated carbocycles. The lowest BCUT2D eigenvalue weighted by molar-refractivity contribution is -0.150. The minimum absolute atomic E-state index is 0.128. The van der Waals surface area contributed by atoms with E-state index in [1.54, 1.807) is 0 Å². The van der Waals surface area contributed by atoms with Gasteiger partial charge in [-0.05, 0) is 101 Å². The Kier molecular flexibility index (Phi) is 8.61. The van der Waals surface area contributed by atoms with Gasteiger partial charge in [-0.1, -0.05) is 27.7 Å². The van der Waals surface area contributed by atoms with E-state index in [4.69, 9.17) is 0 Å². The van der Waals surface area contributed by atoms with Crippen LogP contribution in [-0.4, -0.2) is 84.4 Å². The standard InChI is InChI=1S/C28H50N4O2/c1-21(2)19-24-26(33)32(18-12-29-24)25(20-22(3)4)27(34)31-14-6-23(7-15-31)5-13-30-16-10-28(8-9-28)11-17-30/h21-25,29H,5-20H2,1-4H3/t24-,25-/m0/s1. The van der Waals surface area contributed by atoms with E-state index in [0.29, 0.717) is 18.4 Å². The molecule has 0 aromatic heterocycles. The van der Waals surface area contributed by atoms with Gasteiger partial charge in [-0.15, -0.1) is 0 Å². The number of carbonyl (C=O) groups is 2. The molecular weight excluding hydrogens is 424 g/mol. The molecular formula is C28H50N4O2. The van der Waals surface area contributed by atoms with Crippen molar-refractivity contribution in [3.05, 3.63) is 0 Å². The molecule has 0 aromatic rings. The minimum Gasteiger partial charge on any atom is -0.341 e. The van der Waals surface area contributed by atoms with Gasteiger partial charge >= 0.3 is 0 Å². The summed E-state index contributed by atoms with van der Waals surface area (Å²) in [6, 6.07) is -0.449. The molecule has 2 amide bonds. The third-order valence-corrected chi connectivity index (χ3v) is 9.04. The summed E-state index contributed by atoms with van der Waals surface area (Å²) in [5.74, 6) is 1.90. The van der Waals surface area contributed by atoms with Crippen LogP contribution in [0, 0.1) is 23.2 Å². The van der Waals surface area contributed by atoms with Crippen molar-refractivity contribution < 1.29 is 9.59 Å². The van der Waals surface area contributed by atoms with Gasteiger partial charge in [-0.3, -0.25) is 9.59 Å². The molecule has 6 heteroatoms. The molecule has 1 spiro atoms. The average Bonchev–Trinajstić information content (AvgIpc) is 3.57. The first kappa shape index (κ1) is 25.9. The first-order valence-electron chi connectivity index (χ1n) is 14.3. The smallest absolute Gasteiger partial charge is 0.245 e. The number of amides is 2. The fraction of sp³-hybridized carbons (Fsp3) is 0.929. The van der Waals surface area contributed by atoms with E-state index in [1.165, 1.54) is 51.7 Å². The van der Waals surface area contributed by atoms with E-state index >= 15 is 0 Å². The lowest BCUT2D eigenvalue weighted by Gasteiger charge is -2.42. The van der Waals surface area contributed by atoms with Crippen molar-refractivity contribution in [2.45, 2.75) is 97.6 Å². The number of hydrogen-bond acceptors (Lipinski definition) is 4. The molecule has 1 N–H and O–H groups in total. The number of rotatable bonds is 9. The van der Waals surface area contributed by atoms with Crippen molar-refractivity contribution >= 4 is 11.8 Å². The third-order valence-electron chi connectivity index (χ3n) is 9.04. The van der Waals surface area contributed by atoms with Crippen LogP contribution in [0.2, 0.25) is 0 Å². The molecule has 0 aromatic carbocycles. The van der Waals surface area contributed by atoms with Crippen LogP contribution < -0.4 is 5.32 Å². The van der Waals surface area contributed by atoms with E-state index < -0.39 is 0 Å². The lowest BCUT2D eigenvalue weighted by atomic mass is 9.90. The first-order valence-corrected chi connectivity index (χ1v) is 14.3. The van der Waals surface area contributed by atoms with Gasteiger partial charge in [0.1, 0.15) is 6.04 Å². The van der Waals surface area contributed by atoms with Gasteiger partial charge in [0.2, 0.25) is 11.8 Å². The molecule has 0 radical (unpaired) electrons. The van der Waals surface area contributed by atoms with Crippen LogP contribution in [0.5, 0.6) is 0 Å². The van der Waals surface area contributed by atoms with Crippen LogP contribution in [0.4, 0.5) is 0 Å². The maximum atomic E-state index is 13.7. The second kappa shape index (κ2) is 11.3. The molecule has 0 bridgehead atoms. The largest absolute Gasteiger partial charge is 0.341 e. The van der Waals surface area contributed by atoms with Gasteiger partial charge in [0.15, 0.2) is 0 Å². The van der Waals surface area contributed by atoms with Crippen LogP contribution in [-0.2, 0) is 9.59 Å². The fourth-order valence-electron chi connectivity index (χ4n) is 6.48. The Morgan fingerprint density at radius 1 is 0.971 bits per heavy atom. The van der Waals surface area contributed by atoms with Crippen LogP contribution in [0.1, 0.15) is 85.5 Å². The highest BCUT2D eigenvalue weighted by Crippen LogP contribution is 2.53. The maximum Gasteiger partial charge on any atom is 0.245 e. The molecule has 3 aliphatic heterocycles. The Labute approximate surface area is 208 Å². The number of piperazine rings is 1. The Morgan fingerprint density at radius 2 is 1.65 bits per heavy atom. The van der Waals surface area contributed by atoms with Crippen LogP contribution in [0.3, 0.4) is 0 Å². The minimum atomic E-state index is -0.302. The summed E-state index contributed by atoms with van der Waals surface area (Å²) in [7, 11) is 0. The second-order valence-corrected chi connectivity index (χ2v) is 12.7. The number of likely N-dealkylation sites (tertiary alicyclic amines) is 2. The molecule has 34 heavy (non-hydrogen) atoms. The Hall–Kier alpha value is -1.14. The molecule has 194 valence electrons. The third kappa shape index (κ3) is 6.54. The Balaban J connectivity index is 1.27. The highest BCUT2D eigenvalue weighted by molar-refractivity contribution is 5.90. The van der Waals surface area contributed by atoms with E-state index in [-0.39, 0.29) is 23.9 Å². The summed E-state index contributed by atoms with van der Waals surface area (Å²) in [6.45, 7) is 15.6. The summed E-state index contributed by atoms with van der Waals surface area (Å²) in [4.78, 5) is 33.7. The predicted molar refractivity (Wildman–Crippen MR) is 137 cm³/mol. The number of nitrogens with zero attached hydrogens (tertiary/aromatic N) is 3. The van der Waals surface area contributed by atoms with E-state index in [2.05, 4.69) is 42.8 Å². The predicted octanol–water partition coefficient (Wildman–Crippen LogP) is 3.75. The fourth-order valence-corrected chi connectivity index (χ4v) is 6.48. The first-order chi connectivity index (χ1) is 16.3. The topological polar surface area (TPSA) is 55.9 Å². The van der Waals surface area contributed by atoms with Crippen molar-refractivity contribution in [2.75, 3.05) is 45.8 Å². The van der Waals surface area contributed by atoms with E-state index in [9.17, 15) is 9.59 Å². The SMILES string of the molecule is CC(C)C[C@@H]1NCCN([C@@H](CC(C)C)C(=O)N2CCC(CCN3CCC4(CC3)CC4)CC2)C1=O. The van der Waals surface area contributed by atoms with Crippen molar-refractivity contribution in [1.82, 2.24) is 20.0 Å². The quantitative estimate of drug-likeness (QED) is 0.553. The van der Waals surface area contributed by atoms with Gasteiger partial charge in [-0.25, -0.2) is 0 Å². The number of hydrogen-bond donors (Lipinski definition) is 1.